The highest BCUT2D eigenvalue weighted by Gasteiger charge is 2.35. The molecule has 3 aliphatic rings. The predicted molar refractivity (Wildman–Crippen MR) is 118 cm³/mol. The number of piperidine rings is 1. The SMILES string of the molecule is Cc1cc2c(cc1S(=O)(=O)N1CCC[C@H](C(=O)Nc3ccc4c(c3)OCO4)C1)OCC(=O)N2. The summed E-state index contributed by atoms with van der Waals surface area (Å²) in [6.45, 7) is 2.04. The molecule has 0 radical (unpaired) electrons. The normalized spacial score (nSPS) is 19.9. The molecule has 0 unspecified atom stereocenters. The average Bonchev–Trinajstić information content (AvgIpc) is 3.26. The van der Waals surface area contributed by atoms with Gasteiger partial charge in [0.2, 0.25) is 22.7 Å². The summed E-state index contributed by atoms with van der Waals surface area (Å²) in [5, 5.41) is 5.53. The van der Waals surface area contributed by atoms with Crippen LogP contribution in [-0.4, -0.2) is 51.0 Å². The number of hydrogen-bond donors (Lipinski definition) is 2. The van der Waals surface area contributed by atoms with Crippen molar-refractivity contribution in [2.45, 2.75) is 24.7 Å². The first-order chi connectivity index (χ1) is 15.8. The number of aryl methyl sites for hydroxylation is 1. The lowest BCUT2D eigenvalue weighted by Gasteiger charge is -2.32. The fourth-order valence-corrected chi connectivity index (χ4v) is 5.97. The Bertz CT molecular complexity index is 1240. The molecular formula is C22H23N3O7S. The van der Waals surface area contributed by atoms with Crippen molar-refractivity contribution in [3.63, 3.8) is 0 Å². The van der Waals surface area contributed by atoms with Crippen LogP contribution in [-0.2, 0) is 19.6 Å². The van der Waals surface area contributed by atoms with Crippen molar-refractivity contribution in [3.05, 3.63) is 35.9 Å². The maximum Gasteiger partial charge on any atom is 0.262 e. The molecular weight excluding hydrogens is 450 g/mol. The first-order valence-electron chi connectivity index (χ1n) is 10.6. The predicted octanol–water partition coefficient (Wildman–Crippen LogP) is 2.09. The molecule has 5 rings (SSSR count). The summed E-state index contributed by atoms with van der Waals surface area (Å²) in [5.74, 6) is 0.459. The Morgan fingerprint density at radius 3 is 2.79 bits per heavy atom. The first kappa shape index (κ1) is 21.5. The molecule has 3 aliphatic heterocycles. The highest BCUT2D eigenvalue weighted by Crippen LogP contribution is 2.36. The molecule has 1 fully saturated rings. The van der Waals surface area contributed by atoms with Crippen molar-refractivity contribution in [1.82, 2.24) is 4.31 Å². The van der Waals surface area contributed by atoms with E-state index in [1.54, 1.807) is 31.2 Å². The summed E-state index contributed by atoms with van der Waals surface area (Å²) in [6, 6.07) is 8.16. The number of fused-ring (bicyclic) bond motifs is 2. The zero-order valence-corrected chi connectivity index (χ0v) is 18.7. The third-order valence-corrected chi connectivity index (χ3v) is 7.93. The Labute approximate surface area is 190 Å². The molecule has 1 saturated heterocycles. The van der Waals surface area contributed by atoms with Crippen LogP contribution in [0.3, 0.4) is 0 Å². The number of benzene rings is 2. The van der Waals surface area contributed by atoms with Gasteiger partial charge >= 0.3 is 0 Å². The van der Waals surface area contributed by atoms with Crippen molar-refractivity contribution in [1.29, 1.82) is 0 Å². The van der Waals surface area contributed by atoms with E-state index < -0.39 is 15.9 Å². The molecule has 2 aromatic rings. The third-order valence-electron chi connectivity index (χ3n) is 5.92. The van der Waals surface area contributed by atoms with E-state index in [-0.39, 0.29) is 36.7 Å². The topological polar surface area (TPSA) is 123 Å². The van der Waals surface area contributed by atoms with E-state index in [4.69, 9.17) is 14.2 Å². The molecule has 3 heterocycles. The van der Waals surface area contributed by atoms with Gasteiger partial charge in [-0.15, -0.1) is 0 Å². The minimum Gasteiger partial charge on any atom is -0.482 e. The second kappa shape index (κ2) is 8.23. The van der Waals surface area contributed by atoms with E-state index in [0.717, 1.165) is 0 Å². The molecule has 11 heteroatoms. The minimum absolute atomic E-state index is 0.0762. The summed E-state index contributed by atoms with van der Waals surface area (Å²) in [7, 11) is -3.86. The van der Waals surface area contributed by atoms with Gasteiger partial charge in [-0.05, 0) is 43.5 Å². The monoisotopic (exact) mass is 473 g/mol. The van der Waals surface area contributed by atoms with Crippen LogP contribution in [0.5, 0.6) is 17.2 Å². The van der Waals surface area contributed by atoms with Crippen molar-refractivity contribution in [2.24, 2.45) is 5.92 Å². The van der Waals surface area contributed by atoms with E-state index >= 15 is 0 Å². The van der Waals surface area contributed by atoms with E-state index in [2.05, 4.69) is 10.6 Å². The number of rotatable bonds is 4. The Kier molecular flexibility index (Phi) is 5.37. The van der Waals surface area contributed by atoms with Crippen molar-refractivity contribution in [2.75, 3.05) is 37.1 Å². The van der Waals surface area contributed by atoms with Gasteiger partial charge in [-0.25, -0.2) is 8.42 Å². The van der Waals surface area contributed by atoms with Crippen LogP contribution in [0.2, 0.25) is 0 Å². The number of anilines is 2. The molecule has 2 N–H and O–H groups in total. The van der Waals surface area contributed by atoms with Crippen LogP contribution < -0.4 is 24.8 Å². The van der Waals surface area contributed by atoms with Gasteiger partial charge in [0.15, 0.2) is 18.1 Å². The van der Waals surface area contributed by atoms with Crippen LogP contribution in [0.25, 0.3) is 0 Å². The molecule has 10 nitrogen and oxygen atoms in total. The first-order valence-corrected chi connectivity index (χ1v) is 12.0. The molecule has 0 saturated carbocycles. The van der Waals surface area contributed by atoms with Crippen LogP contribution in [0.4, 0.5) is 11.4 Å². The molecule has 174 valence electrons. The Hall–Kier alpha value is -3.31. The fourth-order valence-electron chi connectivity index (χ4n) is 4.23. The number of nitrogens with zero attached hydrogens (tertiary/aromatic N) is 1. The van der Waals surface area contributed by atoms with Crippen molar-refractivity contribution >= 4 is 33.2 Å². The summed E-state index contributed by atoms with van der Waals surface area (Å²) in [4.78, 5) is 24.5. The van der Waals surface area contributed by atoms with Crippen LogP contribution in [0.15, 0.2) is 35.2 Å². The molecule has 0 spiro atoms. The molecule has 0 aromatic heterocycles. The number of carbonyl (C=O) groups excluding carboxylic acids is 2. The van der Waals surface area contributed by atoms with Gasteiger partial charge in [-0.1, -0.05) is 0 Å². The maximum absolute atomic E-state index is 13.4. The molecule has 33 heavy (non-hydrogen) atoms. The summed E-state index contributed by atoms with van der Waals surface area (Å²) < 4.78 is 44.2. The molecule has 0 aliphatic carbocycles. The van der Waals surface area contributed by atoms with Gasteiger partial charge < -0.3 is 24.8 Å². The minimum atomic E-state index is -3.86. The van der Waals surface area contributed by atoms with Crippen molar-refractivity contribution < 1.29 is 32.2 Å². The zero-order valence-electron chi connectivity index (χ0n) is 17.9. The van der Waals surface area contributed by atoms with E-state index in [0.29, 0.717) is 53.6 Å². The number of ether oxygens (including phenoxy) is 3. The van der Waals surface area contributed by atoms with Crippen LogP contribution in [0.1, 0.15) is 18.4 Å². The number of nitrogens with one attached hydrogen (secondary N) is 2. The van der Waals surface area contributed by atoms with E-state index in [9.17, 15) is 18.0 Å². The Morgan fingerprint density at radius 1 is 1.12 bits per heavy atom. The average molecular weight is 474 g/mol. The maximum atomic E-state index is 13.4. The molecule has 0 bridgehead atoms. The molecule has 2 amide bonds. The number of sulfonamides is 1. The lowest BCUT2D eigenvalue weighted by Crippen LogP contribution is -2.43. The Balaban J connectivity index is 1.33. The smallest absolute Gasteiger partial charge is 0.262 e. The van der Waals surface area contributed by atoms with Crippen LogP contribution >= 0.6 is 0 Å². The van der Waals surface area contributed by atoms with Gasteiger partial charge in [0.1, 0.15) is 5.75 Å². The van der Waals surface area contributed by atoms with E-state index in [1.807, 2.05) is 0 Å². The summed E-state index contributed by atoms with van der Waals surface area (Å²) in [5.41, 5.74) is 1.50. The number of carbonyl (C=O) groups is 2. The van der Waals surface area contributed by atoms with Gasteiger partial charge in [-0.3, -0.25) is 9.59 Å². The second-order valence-corrected chi connectivity index (χ2v) is 10.1. The number of hydrogen-bond acceptors (Lipinski definition) is 7. The van der Waals surface area contributed by atoms with Gasteiger partial charge in [0.25, 0.3) is 5.91 Å². The molecule has 2 aromatic carbocycles. The lowest BCUT2D eigenvalue weighted by molar-refractivity contribution is -0.121. The van der Waals surface area contributed by atoms with Gasteiger partial charge in [-0.2, -0.15) is 4.31 Å². The quantitative estimate of drug-likeness (QED) is 0.697. The third kappa shape index (κ3) is 4.09. The van der Waals surface area contributed by atoms with Gasteiger partial charge in [0, 0.05) is 30.9 Å². The summed E-state index contributed by atoms with van der Waals surface area (Å²) in [6.07, 6.45) is 1.15. The lowest BCUT2D eigenvalue weighted by atomic mass is 9.98. The zero-order chi connectivity index (χ0) is 23.2. The highest BCUT2D eigenvalue weighted by molar-refractivity contribution is 7.89. The standard InChI is InChI=1S/C22H23N3O7S/c1-13-7-16-18(30-11-21(26)24-16)9-20(13)33(28,29)25-6-2-3-14(10-25)22(27)23-15-4-5-17-19(8-15)32-12-31-17/h4-5,7-9,14H,2-3,6,10-12H2,1H3,(H,23,27)(H,24,26)/t14-/m0/s1. The van der Waals surface area contributed by atoms with E-state index in [1.165, 1.54) is 10.4 Å². The highest BCUT2D eigenvalue weighted by atomic mass is 32.2. The fraction of sp³-hybridized carbons (Fsp3) is 0.364. The van der Waals surface area contributed by atoms with Gasteiger partial charge in [0.05, 0.1) is 16.5 Å². The van der Waals surface area contributed by atoms with Crippen LogP contribution in [0, 0.1) is 12.8 Å². The largest absolute Gasteiger partial charge is 0.482 e. The molecule has 1 atom stereocenters. The second-order valence-electron chi connectivity index (χ2n) is 8.21. The van der Waals surface area contributed by atoms with Crippen molar-refractivity contribution in [3.8, 4) is 17.2 Å². The Morgan fingerprint density at radius 2 is 1.94 bits per heavy atom. The number of amides is 2. The summed E-state index contributed by atoms with van der Waals surface area (Å²) >= 11 is 0.